The normalized spacial score (nSPS) is 14.8. The predicted octanol–water partition coefficient (Wildman–Crippen LogP) is 6.26. The average molecular weight is 675 g/mol. The fourth-order valence-electron chi connectivity index (χ4n) is 5.90. The van der Waals surface area contributed by atoms with Crippen molar-refractivity contribution in [2.75, 3.05) is 20.1 Å². The number of para-hydroxylation sites is 2. The maximum absolute atomic E-state index is 14.4. The van der Waals surface area contributed by atoms with Gasteiger partial charge in [-0.05, 0) is 86.9 Å². The number of H-pyrrole nitrogens is 1. The van der Waals surface area contributed by atoms with Crippen molar-refractivity contribution in [3.05, 3.63) is 118 Å². The lowest BCUT2D eigenvalue weighted by Crippen LogP contribution is -2.29. The fourth-order valence-corrected chi connectivity index (χ4v) is 5.90. The number of hydrogen-bond acceptors (Lipinski definition) is 7. The summed E-state index contributed by atoms with van der Waals surface area (Å²) in [5, 5.41) is 17.9. The molecule has 3 aromatic heterocycles. The van der Waals surface area contributed by atoms with Crippen LogP contribution in [0.25, 0.3) is 33.3 Å². The van der Waals surface area contributed by atoms with Crippen LogP contribution < -0.4 is 5.56 Å². The number of carbonyl (C=O) groups is 1. The van der Waals surface area contributed by atoms with Gasteiger partial charge in [-0.25, -0.2) is 24.1 Å². The molecular formula is C35H30F4N6O4. The highest BCUT2D eigenvalue weighted by Gasteiger charge is 2.38. The van der Waals surface area contributed by atoms with E-state index in [9.17, 15) is 27.5 Å². The van der Waals surface area contributed by atoms with E-state index >= 15 is 0 Å². The number of nitrogens with one attached hydrogen (secondary N) is 1. The van der Waals surface area contributed by atoms with Gasteiger partial charge in [-0.1, -0.05) is 36.4 Å². The number of hydrogen-bond donors (Lipinski definition) is 3. The van der Waals surface area contributed by atoms with E-state index in [0.29, 0.717) is 28.5 Å². The van der Waals surface area contributed by atoms with E-state index in [1.807, 2.05) is 30.3 Å². The number of rotatable bonds is 5. The number of halogens is 4. The van der Waals surface area contributed by atoms with Gasteiger partial charge in [-0.3, -0.25) is 9.36 Å². The molecule has 14 heteroatoms. The molecule has 7 rings (SSSR count). The molecule has 0 aliphatic carbocycles. The molecule has 6 aromatic rings. The smallest absolute Gasteiger partial charge is 0.490 e. The minimum Gasteiger partial charge on any atom is -0.508 e. The van der Waals surface area contributed by atoms with Gasteiger partial charge in [0.2, 0.25) is 0 Å². The number of benzene rings is 3. The molecule has 0 bridgehead atoms. The van der Waals surface area contributed by atoms with Crippen LogP contribution in [-0.4, -0.2) is 71.9 Å². The number of fused-ring (bicyclic) bond motifs is 2. The highest BCUT2D eigenvalue weighted by molar-refractivity contribution is 5.78. The molecule has 1 aliphatic rings. The van der Waals surface area contributed by atoms with E-state index < -0.39 is 29.6 Å². The molecule has 1 unspecified atom stereocenters. The molecule has 10 nitrogen and oxygen atoms in total. The molecule has 1 atom stereocenters. The van der Waals surface area contributed by atoms with E-state index in [2.05, 4.69) is 51.2 Å². The number of carboxylic acid groups (broad SMARTS) is 1. The Labute approximate surface area is 276 Å². The summed E-state index contributed by atoms with van der Waals surface area (Å²) >= 11 is 0. The van der Waals surface area contributed by atoms with Crippen molar-refractivity contribution in [2.24, 2.45) is 0 Å². The van der Waals surface area contributed by atoms with E-state index in [4.69, 9.17) is 14.9 Å². The first-order chi connectivity index (χ1) is 23.4. The highest BCUT2D eigenvalue weighted by atomic mass is 19.4. The van der Waals surface area contributed by atoms with Gasteiger partial charge in [0, 0.05) is 11.1 Å². The summed E-state index contributed by atoms with van der Waals surface area (Å²) in [4.78, 5) is 42.5. The van der Waals surface area contributed by atoms with Crippen LogP contribution in [-0.2, 0) is 4.79 Å². The number of nitrogens with zero attached hydrogens (tertiary/aromatic N) is 5. The average Bonchev–Trinajstić information content (AvgIpc) is 3.51. The third-order valence-electron chi connectivity index (χ3n) is 8.50. The quantitative estimate of drug-likeness (QED) is 0.182. The van der Waals surface area contributed by atoms with Crippen molar-refractivity contribution < 1.29 is 32.6 Å². The van der Waals surface area contributed by atoms with Crippen LogP contribution in [0, 0.1) is 5.82 Å². The number of imidazole rings is 1. The van der Waals surface area contributed by atoms with Crippen LogP contribution in [0.15, 0.2) is 90.0 Å². The first kappa shape index (κ1) is 33.3. The predicted molar refractivity (Wildman–Crippen MR) is 174 cm³/mol. The van der Waals surface area contributed by atoms with Crippen LogP contribution in [0.2, 0.25) is 0 Å². The number of alkyl halides is 3. The molecule has 0 radical (unpaired) electrons. The zero-order chi connectivity index (χ0) is 34.9. The van der Waals surface area contributed by atoms with Crippen molar-refractivity contribution in [3.63, 3.8) is 0 Å². The molecule has 252 valence electrons. The van der Waals surface area contributed by atoms with Crippen molar-refractivity contribution in [3.8, 4) is 17.0 Å². The Morgan fingerprint density at radius 3 is 2.33 bits per heavy atom. The number of aromatic amines is 1. The first-order valence-corrected chi connectivity index (χ1v) is 15.3. The first-order valence-electron chi connectivity index (χ1n) is 15.3. The maximum Gasteiger partial charge on any atom is 0.490 e. The summed E-state index contributed by atoms with van der Waals surface area (Å²) in [6, 6.07) is 22.2. The van der Waals surface area contributed by atoms with Crippen molar-refractivity contribution in [1.82, 2.24) is 29.4 Å². The Bertz CT molecular complexity index is 2160. The van der Waals surface area contributed by atoms with Gasteiger partial charge < -0.3 is 20.1 Å². The Morgan fingerprint density at radius 2 is 1.65 bits per heavy atom. The summed E-state index contributed by atoms with van der Waals surface area (Å²) in [6.45, 7) is 2.20. The van der Waals surface area contributed by atoms with E-state index in [1.54, 1.807) is 6.07 Å². The summed E-state index contributed by atoms with van der Waals surface area (Å²) in [6.07, 6.45) is -1.41. The molecule has 1 fully saturated rings. The van der Waals surface area contributed by atoms with Gasteiger partial charge in [0.15, 0.2) is 5.52 Å². The SMILES string of the molecule is CN1CCC(c2ccc(-c3ccc4ncn(C(c5nc6ccccc6[nH]5)c5cc(F)ccc5O)c(=O)c4n3)cc2)CC1.O=C(O)C(F)(F)F. The second-order valence-corrected chi connectivity index (χ2v) is 11.8. The molecule has 49 heavy (non-hydrogen) atoms. The lowest BCUT2D eigenvalue weighted by Gasteiger charge is -2.29. The van der Waals surface area contributed by atoms with Gasteiger partial charge in [0.05, 0.1) is 28.6 Å². The molecular weight excluding hydrogens is 644 g/mol. The fraction of sp³-hybridized carbons (Fsp3) is 0.229. The minimum atomic E-state index is -5.08. The third kappa shape index (κ3) is 7.14. The number of phenolic OH excluding ortho intramolecular Hbond substituents is 1. The number of carboxylic acids is 1. The molecule has 3 N–H and O–H groups in total. The molecule has 0 amide bonds. The molecule has 0 spiro atoms. The van der Waals surface area contributed by atoms with E-state index in [0.717, 1.165) is 37.0 Å². The molecule has 1 saturated heterocycles. The Balaban J connectivity index is 0.000000540. The lowest BCUT2D eigenvalue weighted by molar-refractivity contribution is -0.192. The van der Waals surface area contributed by atoms with Crippen LogP contribution in [0.4, 0.5) is 17.6 Å². The van der Waals surface area contributed by atoms with Gasteiger partial charge in [-0.2, -0.15) is 13.2 Å². The van der Waals surface area contributed by atoms with Crippen LogP contribution in [0.3, 0.4) is 0 Å². The van der Waals surface area contributed by atoms with Crippen molar-refractivity contribution >= 4 is 28.0 Å². The topological polar surface area (TPSA) is 137 Å². The van der Waals surface area contributed by atoms with E-state index in [-0.39, 0.29) is 16.8 Å². The third-order valence-corrected chi connectivity index (χ3v) is 8.50. The molecule has 1 aliphatic heterocycles. The molecule has 3 aromatic carbocycles. The standard InChI is InChI=1S/C33H29FN6O2.C2HF3O2/c1-39-16-14-21(15-17-39)20-6-8-22(9-7-20)25-11-12-28-30(36-25)33(42)40(19-35-28)31(24-18-23(34)10-13-29(24)41)32-37-26-4-2-3-5-27(26)38-32;3-2(4,5)1(6)7/h2-13,18-19,21,31,41H,14-17H2,1H3,(H,37,38);(H,6,7). The van der Waals surface area contributed by atoms with Crippen molar-refractivity contribution in [2.45, 2.75) is 31.0 Å². The van der Waals surface area contributed by atoms with Gasteiger partial charge >= 0.3 is 12.1 Å². The number of aliphatic carboxylic acids is 1. The second-order valence-electron chi connectivity index (χ2n) is 11.8. The summed E-state index contributed by atoms with van der Waals surface area (Å²) < 4.78 is 47.5. The van der Waals surface area contributed by atoms with Gasteiger partial charge in [-0.15, -0.1) is 0 Å². The number of piperidine rings is 1. The number of likely N-dealkylation sites (tertiary alicyclic amines) is 1. The largest absolute Gasteiger partial charge is 0.508 e. The zero-order valence-electron chi connectivity index (χ0n) is 26.0. The zero-order valence-corrected chi connectivity index (χ0v) is 26.0. The van der Waals surface area contributed by atoms with Crippen molar-refractivity contribution in [1.29, 1.82) is 0 Å². The number of phenols is 1. The van der Waals surface area contributed by atoms with Crippen LogP contribution in [0.5, 0.6) is 5.75 Å². The summed E-state index contributed by atoms with van der Waals surface area (Å²) in [7, 11) is 2.16. The van der Waals surface area contributed by atoms with Crippen LogP contribution in [0.1, 0.15) is 41.8 Å². The van der Waals surface area contributed by atoms with Crippen LogP contribution >= 0.6 is 0 Å². The monoisotopic (exact) mass is 674 g/mol. The maximum atomic E-state index is 14.4. The minimum absolute atomic E-state index is 0.166. The Morgan fingerprint density at radius 1 is 0.959 bits per heavy atom. The summed E-state index contributed by atoms with van der Waals surface area (Å²) in [5.74, 6) is -2.56. The number of aromatic nitrogens is 5. The lowest BCUT2D eigenvalue weighted by atomic mass is 9.89. The van der Waals surface area contributed by atoms with Gasteiger partial charge in [0.25, 0.3) is 5.56 Å². The van der Waals surface area contributed by atoms with E-state index in [1.165, 1.54) is 34.7 Å². The molecule has 4 heterocycles. The highest BCUT2D eigenvalue weighted by Crippen LogP contribution is 2.33. The number of pyridine rings is 1. The number of aromatic hydroxyl groups is 1. The van der Waals surface area contributed by atoms with Gasteiger partial charge in [0.1, 0.15) is 23.4 Å². The molecule has 0 saturated carbocycles. The summed E-state index contributed by atoms with van der Waals surface area (Å²) in [5.41, 5.74) is 4.67. The Hall–Kier alpha value is -5.63. The second kappa shape index (κ2) is 13.5. The Kier molecular flexibility index (Phi) is 9.15.